The van der Waals surface area contributed by atoms with Crippen LogP contribution < -0.4 is 5.73 Å². The van der Waals surface area contributed by atoms with Gasteiger partial charge in [-0.2, -0.15) is 0 Å². The molecule has 0 fully saturated rings. The van der Waals surface area contributed by atoms with Crippen molar-refractivity contribution in [2.75, 3.05) is 25.2 Å². The van der Waals surface area contributed by atoms with Crippen molar-refractivity contribution in [3.8, 4) is 0 Å². The van der Waals surface area contributed by atoms with Gasteiger partial charge in [0.15, 0.2) is 5.84 Å². The minimum absolute atomic E-state index is 0.172. The summed E-state index contributed by atoms with van der Waals surface area (Å²) in [5.74, 6) is 2.06. The SMILES string of the molecule is CCSc1cccc(SCCCOC)c1/C(N)=N/O. The molecule has 0 aliphatic heterocycles. The predicted octanol–water partition coefficient (Wildman–Crippen LogP) is 3.02. The van der Waals surface area contributed by atoms with Crippen LogP contribution in [0.1, 0.15) is 18.9 Å². The topological polar surface area (TPSA) is 67.8 Å². The predicted molar refractivity (Wildman–Crippen MR) is 82.6 cm³/mol. The molecule has 0 aromatic heterocycles. The third-order valence-electron chi connectivity index (χ3n) is 2.40. The highest BCUT2D eigenvalue weighted by Crippen LogP contribution is 2.31. The number of hydrogen-bond donors (Lipinski definition) is 2. The van der Waals surface area contributed by atoms with Crippen LogP contribution in [-0.2, 0) is 4.74 Å². The maximum absolute atomic E-state index is 8.94. The molecule has 0 aliphatic rings. The number of benzene rings is 1. The van der Waals surface area contributed by atoms with Crippen LogP contribution in [0.3, 0.4) is 0 Å². The van der Waals surface area contributed by atoms with Crippen molar-refractivity contribution in [1.82, 2.24) is 0 Å². The number of amidine groups is 1. The summed E-state index contributed by atoms with van der Waals surface area (Å²) < 4.78 is 5.04. The standard InChI is InChI=1S/C13H20N2O2S2/c1-3-18-10-6-4-7-11(12(10)13(14)15-16)19-9-5-8-17-2/h4,6-7,16H,3,5,8-9H2,1-2H3,(H2,14,15). The Balaban J connectivity index is 2.92. The van der Waals surface area contributed by atoms with Crippen molar-refractivity contribution in [3.63, 3.8) is 0 Å². The molecule has 0 spiro atoms. The van der Waals surface area contributed by atoms with Gasteiger partial charge >= 0.3 is 0 Å². The number of methoxy groups -OCH3 is 1. The van der Waals surface area contributed by atoms with E-state index in [0.29, 0.717) is 0 Å². The number of ether oxygens (including phenoxy) is 1. The molecule has 19 heavy (non-hydrogen) atoms. The molecule has 0 amide bonds. The molecule has 0 radical (unpaired) electrons. The van der Waals surface area contributed by atoms with Gasteiger partial charge in [-0.3, -0.25) is 0 Å². The number of nitrogens with two attached hydrogens (primary N) is 1. The third-order valence-corrected chi connectivity index (χ3v) is 4.49. The number of oxime groups is 1. The molecule has 0 aliphatic carbocycles. The van der Waals surface area contributed by atoms with Gasteiger partial charge in [-0.15, -0.1) is 23.5 Å². The Kier molecular flexibility index (Phi) is 7.78. The fourth-order valence-electron chi connectivity index (χ4n) is 1.59. The second-order valence-electron chi connectivity index (χ2n) is 3.74. The van der Waals surface area contributed by atoms with Crippen LogP contribution in [0.4, 0.5) is 0 Å². The number of rotatable bonds is 8. The van der Waals surface area contributed by atoms with E-state index in [1.165, 1.54) is 0 Å². The van der Waals surface area contributed by atoms with Gasteiger partial charge in [0.25, 0.3) is 0 Å². The summed E-state index contributed by atoms with van der Waals surface area (Å²) in [7, 11) is 1.70. The van der Waals surface area contributed by atoms with Crippen LogP contribution in [0, 0.1) is 0 Å². The van der Waals surface area contributed by atoms with E-state index in [-0.39, 0.29) is 5.84 Å². The summed E-state index contributed by atoms with van der Waals surface area (Å²) in [4.78, 5) is 2.10. The summed E-state index contributed by atoms with van der Waals surface area (Å²) in [6.45, 7) is 2.83. The smallest absolute Gasteiger partial charge is 0.172 e. The monoisotopic (exact) mass is 300 g/mol. The lowest BCUT2D eigenvalue weighted by Crippen LogP contribution is -2.15. The molecule has 1 aromatic carbocycles. The lowest BCUT2D eigenvalue weighted by Gasteiger charge is -2.12. The molecular weight excluding hydrogens is 280 g/mol. The summed E-state index contributed by atoms with van der Waals surface area (Å²) in [6, 6.07) is 6.01. The van der Waals surface area contributed by atoms with Crippen molar-refractivity contribution >= 4 is 29.4 Å². The molecule has 0 unspecified atom stereocenters. The summed E-state index contributed by atoms with van der Waals surface area (Å²) >= 11 is 3.40. The summed E-state index contributed by atoms with van der Waals surface area (Å²) in [5, 5.41) is 12.1. The van der Waals surface area contributed by atoms with E-state index >= 15 is 0 Å². The van der Waals surface area contributed by atoms with Crippen molar-refractivity contribution in [2.24, 2.45) is 10.9 Å². The first-order chi connectivity index (χ1) is 9.24. The van der Waals surface area contributed by atoms with Gasteiger partial charge in [0.2, 0.25) is 0 Å². The first-order valence-electron chi connectivity index (χ1n) is 6.10. The van der Waals surface area contributed by atoms with Gasteiger partial charge in [0.1, 0.15) is 0 Å². The van der Waals surface area contributed by atoms with Crippen molar-refractivity contribution < 1.29 is 9.94 Å². The van der Waals surface area contributed by atoms with E-state index in [1.54, 1.807) is 30.6 Å². The zero-order chi connectivity index (χ0) is 14.1. The van der Waals surface area contributed by atoms with E-state index < -0.39 is 0 Å². The Morgan fingerprint density at radius 3 is 2.63 bits per heavy atom. The lowest BCUT2D eigenvalue weighted by molar-refractivity contribution is 0.200. The van der Waals surface area contributed by atoms with Gasteiger partial charge in [-0.25, -0.2) is 0 Å². The van der Waals surface area contributed by atoms with Crippen LogP contribution in [0.2, 0.25) is 0 Å². The molecule has 1 rings (SSSR count). The second-order valence-corrected chi connectivity index (χ2v) is 6.18. The first-order valence-corrected chi connectivity index (χ1v) is 8.07. The third kappa shape index (κ3) is 4.97. The molecule has 0 saturated carbocycles. The maximum atomic E-state index is 8.94. The van der Waals surface area contributed by atoms with E-state index in [9.17, 15) is 0 Å². The Morgan fingerprint density at radius 2 is 2.05 bits per heavy atom. The minimum atomic E-state index is 0.172. The highest BCUT2D eigenvalue weighted by Gasteiger charge is 2.13. The molecule has 0 bridgehead atoms. The van der Waals surface area contributed by atoms with Crippen molar-refractivity contribution in [1.29, 1.82) is 0 Å². The van der Waals surface area contributed by atoms with Gasteiger partial charge in [0, 0.05) is 34.8 Å². The molecule has 3 N–H and O–H groups in total. The van der Waals surface area contributed by atoms with Gasteiger partial charge in [-0.05, 0) is 24.3 Å². The Morgan fingerprint density at radius 1 is 1.37 bits per heavy atom. The minimum Gasteiger partial charge on any atom is -0.409 e. The molecule has 0 saturated heterocycles. The van der Waals surface area contributed by atoms with Crippen LogP contribution in [0.15, 0.2) is 33.1 Å². The normalized spacial score (nSPS) is 11.8. The van der Waals surface area contributed by atoms with Crippen molar-refractivity contribution in [2.45, 2.75) is 23.1 Å². The highest BCUT2D eigenvalue weighted by atomic mass is 32.2. The highest BCUT2D eigenvalue weighted by molar-refractivity contribution is 8.00. The second kappa shape index (κ2) is 9.12. The maximum Gasteiger partial charge on any atom is 0.172 e. The van der Waals surface area contributed by atoms with E-state index in [1.807, 2.05) is 18.2 Å². The fourth-order valence-corrected chi connectivity index (χ4v) is 3.52. The molecule has 1 aromatic rings. The molecule has 0 atom stereocenters. The fraction of sp³-hybridized carbons (Fsp3) is 0.462. The zero-order valence-corrected chi connectivity index (χ0v) is 12.9. The molecule has 6 heteroatoms. The largest absolute Gasteiger partial charge is 0.409 e. The van der Waals surface area contributed by atoms with Gasteiger partial charge in [0.05, 0.1) is 0 Å². The Labute approximate surface area is 122 Å². The quantitative estimate of drug-likeness (QED) is 0.193. The molecule has 106 valence electrons. The summed E-state index contributed by atoms with van der Waals surface area (Å²) in [6.07, 6.45) is 0.974. The van der Waals surface area contributed by atoms with Crippen LogP contribution in [0.25, 0.3) is 0 Å². The van der Waals surface area contributed by atoms with E-state index in [2.05, 4.69) is 12.1 Å². The Hall–Kier alpha value is -0.850. The average Bonchev–Trinajstić information content (AvgIpc) is 2.43. The van der Waals surface area contributed by atoms with Crippen molar-refractivity contribution in [3.05, 3.63) is 23.8 Å². The molecule has 4 nitrogen and oxygen atoms in total. The first kappa shape index (κ1) is 16.2. The molecular formula is C13H20N2O2S2. The van der Waals surface area contributed by atoms with E-state index in [4.69, 9.17) is 15.7 Å². The zero-order valence-electron chi connectivity index (χ0n) is 11.3. The average molecular weight is 300 g/mol. The lowest BCUT2D eigenvalue weighted by atomic mass is 10.2. The molecule has 0 heterocycles. The van der Waals surface area contributed by atoms with E-state index in [0.717, 1.165) is 39.9 Å². The van der Waals surface area contributed by atoms with Gasteiger partial charge in [-0.1, -0.05) is 18.1 Å². The number of hydrogen-bond acceptors (Lipinski definition) is 5. The number of nitrogens with zero attached hydrogens (tertiary/aromatic N) is 1. The summed E-state index contributed by atoms with van der Waals surface area (Å²) in [5.41, 5.74) is 6.64. The van der Waals surface area contributed by atoms with Gasteiger partial charge < -0.3 is 15.7 Å². The van der Waals surface area contributed by atoms with Crippen LogP contribution >= 0.6 is 23.5 Å². The number of thioether (sulfide) groups is 2. The Bertz CT molecular complexity index is 425. The van der Waals surface area contributed by atoms with Crippen LogP contribution in [0.5, 0.6) is 0 Å². The van der Waals surface area contributed by atoms with Crippen LogP contribution in [-0.4, -0.2) is 36.3 Å².